The third-order valence-corrected chi connectivity index (χ3v) is 5.43. The lowest BCUT2D eigenvalue weighted by atomic mass is 10.0. The molecule has 0 fully saturated rings. The first-order valence-electron chi connectivity index (χ1n) is 6.87. The van der Waals surface area contributed by atoms with Gasteiger partial charge in [-0.25, -0.2) is 8.93 Å². The van der Waals surface area contributed by atoms with Gasteiger partial charge in [-0.15, -0.1) is 6.58 Å². The summed E-state index contributed by atoms with van der Waals surface area (Å²) in [5, 5.41) is 0. The molecule has 112 valence electrons. The Hall–Kier alpha value is -0.450. The molecular weight excluding hydrogens is 334 g/mol. The van der Waals surface area contributed by atoms with Gasteiger partial charge < -0.3 is 0 Å². The first kappa shape index (κ1) is 17.6. The van der Waals surface area contributed by atoms with Gasteiger partial charge >= 0.3 is 0 Å². The van der Waals surface area contributed by atoms with E-state index in [-0.39, 0.29) is 10.8 Å². The standard InChI is InChI=1S/C16H24BrNOS/c1-5-8-14(18-20(19)16(2,3)4)12-11-13-9-6-7-10-15(13)17/h5-7,9-10,14,18H,1,8,11-12H2,2-4H3/t14-,20?/m0/s1. The minimum absolute atomic E-state index is 0.194. The van der Waals surface area contributed by atoms with Crippen LogP contribution in [-0.2, 0) is 17.4 Å². The summed E-state index contributed by atoms with van der Waals surface area (Å²) in [5.41, 5.74) is 1.28. The molecule has 0 amide bonds. The van der Waals surface area contributed by atoms with Crippen LogP contribution in [0.1, 0.15) is 39.2 Å². The largest absolute Gasteiger partial charge is 0.242 e. The zero-order valence-electron chi connectivity index (χ0n) is 12.5. The normalized spacial score (nSPS) is 14.8. The highest BCUT2D eigenvalue weighted by atomic mass is 79.9. The maximum atomic E-state index is 12.2. The molecule has 1 rings (SSSR count). The molecule has 0 aliphatic rings. The van der Waals surface area contributed by atoms with Crippen molar-refractivity contribution < 1.29 is 4.21 Å². The third-order valence-electron chi connectivity index (χ3n) is 3.00. The molecule has 0 heterocycles. The second kappa shape index (κ2) is 8.11. The summed E-state index contributed by atoms with van der Waals surface area (Å²) in [6, 6.07) is 8.43. The summed E-state index contributed by atoms with van der Waals surface area (Å²) < 4.78 is 16.3. The first-order valence-corrected chi connectivity index (χ1v) is 8.81. The molecule has 1 aromatic rings. The van der Waals surface area contributed by atoms with Crippen molar-refractivity contribution in [3.8, 4) is 0 Å². The van der Waals surface area contributed by atoms with E-state index in [1.807, 2.05) is 39.0 Å². The fourth-order valence-corrected chi connectivity index (χ4v) is 3.14. The number of nitrogens with one attached hydrogen (secondary N) is 1. The lowest BCUT2D eigenvalue weighted by Gasteiger charge is -2.23. The average molecular weight is 358 g/mol. The van der Waals surface area contributed by atoms with Crippen molar-refractivity contribution in [3.05, 3.63) is 47.0 Å². The van der Waals surface area contributed by atoms with Crippen molar-refractivity contribution in [2.45, 2.75) is 50.8 Å². The van der Waals surface area contributed by atoms with Crippen LogP contribution < -0.4 is 4.72 Å². The lowest BCUT2D eigenvalue weighted by molar-refractivity contribution is 0.554. The SMILES string of the molecule is C=CC[C@@H](CCc1ccccc1Br)NS(=O)C(C)(C)C. The minimum atomic E-state index is -1.04. The first-order chi connectivity index (χ1) is 9.34. The van der Waals surface area contributed by atoms with Crippen LogP contribution in [-0.4, -0.2) is 15.0 Å². The van der Waals surface area contributed by atoms with Gasteiger partial charge in [0.05, 0.1) is 15.7 Å². The predicted octanol–water partition coefficient (Wildman–Crippen LogP) is 4.38. The van der Waals surface area contributed by atoms with Gasteiger partial charge in [0.15, 0.2) is 0 Å². The smallest absolute Gasteiger partial charge is 0.0972 e. The van der Waals surface area contributed by atoms with Crippen LogP contribution in [0.5, 0.6) is 0 Å². The van der Waals surface area contributed by atoms with Gasteiger partial charge in [0.25, 0.3) is 0 Å². The van der Waals surface area contributed by atoms with Gasteiger partial charge in [-0.2, -0.15) is 0 Å². The van der Waals surface area contributed by atoms with E-state index in [2.05, 4.69) is 39.4 Å². The molecule has 1 unspecified atom stereocenters. The van der Waals surface area contributed by atoms with E-state index in [0.29, 0.717) is 0 Å². The quantitative estimate of drug-likeness (QED) is 0.720. The average Bonchev–Trinajstić information content (AvgIpc) is 2.36. The van der Waals surface area contributed by atoms with E-state index < -0.39 is 11.0 Å². The third kappa shape index (κ3) is 5.90. The van der Waals surface area contributed by atoms with Gasteiger partial charge in [-0.1, -0.05) is 40.2 Å². The minimum Gasteiger partial charge on any atom is -0.242 e. The Morgan fingerprint density at radius 2 is 2.05 bits per heavy atom. The van der Waals surface area contributed by atoms with Crippen molar-refractivity contribution in [3.63, 3.8) is 0 Å². The van der Waals surface area contributed by atoms with Gasteiger partial charge in [-0.05, 0) is 51.7 Å². The molecule has 4 heteroatoms. The predicted molar refractivity (Wildman–Crippen MR) is 92.1 cm³/mol. The maximum Gasteiger partial charge on any atom is 0.0972 e. The molecule has 2 atom stereocenters. The van der Waals surface area contributed by atoms with E-state index in [1.165, 1.54) is 5.56 Å². The molecule has 2 nitrogen and oxygen atoms in total. The Morgan fingerprint density at radius 3 is 2.60 bits per heavy atom. The Morgan fingerprint density at radius 1 is 1.40 bits per heavy atom. The van der Waals surface area contributed by atoms with Crippen LogP contribution in [0.25, 0.3) is 0 Å². The van der Waals surface area contributed by atoms with Crippen LogP contribution in [0.4, 0.5) is 0 Å². The molecule has 0 spiro atoms. The number of halogens is 1. The van der Waals surface area contributed by atoms with E-state index >= 15 is 0 Å². The van der Waals surface area contributed by atoms with Crippen molar-refractivity contribution in [2.24, 2.45) is 0 Å². The second-order valence-electron chi connectivity index (χ2n) is 5.85. The highest BCUT2D eigenvalue weighted by Crippen LogP contribution is 2.19. The highest BCUT2D eigenvalue weighted by molar-refractivity contribution is 9.10. The van der Waals surface area contributed by atoms with Crippen molar-refractivity contribution in [2.75, 3.05) is 0 Å². The van der Waals surface area contributed by atoms with Crippen LogP contribution in [0, 0.1) is 0 Å². The number of hydrogen-bond donors (Lipinski definition) is 1. The highest BCUT2D eigenvalue weighted by Gasteiger charge is 2.22. The van der Waals surface area contributed by atoms with E-state index in [0.717, 1.165) is 23.7 Å². The van der Waals surface area contributed by atoms with E-state index in [1.54, 1.807) is 0 Å². The Labute approximate surface area is 133 Å². The van der Waals surface area contributed by atoms with Crippen LogP contribution in [0.3, 0.4) is 0 Å². The van der Waals surface area contributed by atoms with Gasteiger partial charge in [0.2, 0.25) is 0 Å². The second-order valence-corrected chi connectivity index (χ2v) is 8.70. The Kier molecular flexibility index (Phi) is 7.13. The number of rotatable bonds is 7. The van der Waals surface area contributed by atoms with Gasteiger partial charge in [0.1, 0.15) is 0 Å². The van der Waals surface area contributed by atoms with Crippen molar-refractivity contribution in [1.29, 1.82) is 0 Å². The maximum absolute atomic E-state index is 12.2. The van der Waals surface area contributed by atoms with Gasteiger partial charge in [-0.3, -0.25) is 0 Å². The molecule has 0 aromatic heterocycles. The molecule has 0 radical (unpaired) electrons. The topological polar surface area (TPSA) is 29.1 Å². The molecule has 0 aliphatic carbocycles. The molecular formula is C16H24BrNOS. The van der Waals surface area contributed by atoms with Crippen molar-refractivity contribution in [1.82, 2.24) is 4.72 Å². The van der Waals surface area contributed by atoms with Gasteiger partial charge in [0, 0.05) is 10.5 Å². The molecule has 1 aromatic carbocycles. The number of aryl methyl sites for hydroxylation is 1. The van der Waals surface area contributed by atoms with E-state index in [9.17, 15) is 4.21 Å². The van der Waals surface area contributed by atoms with E-state index in [4.69, 9.17) is 0 Å². The molecule has 0 saturated carbocycles. The van der Waals surface area contributed by atoms with Crippen LogP contribution in [0.15, 0.2) is 41.4 Å². The molecule has 0 bridgehead atoms. The van der Waals surface area contributed by atoms with Crippen molar-refractivity contribution >= 4 is 26.9 Å². The Balaban J connectivity index is 2.62. The van der Waals surface area contributed by atoms with Crippen LogP contribution in [0.2, 0.25) is 0 Å². The van der Waals surface area contributed by atoms with Crippen LogP contribution >= 0.6 is 15.9 Å². The lowest BCUT2D eigenvalue weighted by Crippen LogP contribution is -2.39. The summed E-state index contributed by atoms with van der Waals surface area (Å²) in [6.07, 6.45) is 4.61. The summed E-state index contributed by atoms with van der Waals surface area (Å²) in [6.45, 7) is 9.74. The summed E-state index contributed by atoms with van der Waals surface area (Å²) in [7, 11) is -1.04. The fourth-order valence-electron chi connectivity index (χ4n) is 1.79. The summed E-state index contributed by atoms with van der Waals surface area (Å²) in [4.78, 5) is 0. The number of benzene rings is 1. The summed E-state index contributed by atoms with van der Waals surface area (Å²) >= 11 is 3.57. The molecule has 1 N–H and O–H groups in total. The zero-order chi connectivity index (χ0) is 15.2. The molecule has 0 aliphatic heterocycles. The molecule has 20 heavy (non-hydrogen) atoms. The number of hydrogen-bond acceptors (Lipinski definition) is 1. The monoisotopic (exact) mass is 357 g/mol. The fraction of sp³-hybridized carbons (Fsp3) is 0.500. The molecule has 0 saturated heterocycles. The Bertz CT molecular complexity index is 468. The zero-order valence-corrected chi connectivity index (χ0v) is 14.9. The summed E-state index contributed by atoms with van der Waals surface area (Å²) in [5.74, 6) is 0.